The molecule has 1 rings (SSSR count). The standard InChI is InChI=1S/C15H31N3O.2ClH/c1-4-18(5-2)11-7-6-9-17-15(19)14-8-10-16-13(3)12-14;;/h13-14,16H,4-12H2,1-3H3,(H,17,19);2*1H/t13-,14-;;/m0../s1. The third-order valence-electron chi connectivity index (χ3n) is 4.09. The zero-order valence-electron chi connectivity index (χ0n) is 13.7. The first-order valence-corrected chi connectivity index (χ1v) is 7.90. The van der Waals surface area contributed by atoms with E-state index in [2.05, 4.69) is 36.3 Å². The maximum atomic E-state index is 12.0. The molecule has 1 heterocycles. The fourth-order valence-corrected chi connectivity index (χ4v) is 2.73. The van der Waals surface area contributed by atoms with Crippen LogP contribution in [0.2, 0.25) is 0 Å². The summed E-state index contributed by atoms with van der Waals surface area (Å²) in [5.74, 6) is 0.482. The van der Waals surface area contributed by atoms with E-state index in [4.69, 9.17) is 0 Å². The number of hydrogen-bond acceptors (Lipinski definition) is 3. The number of hydrogen-bond donors (Lipinski definition) is 2. The van der Waals surface area contributed by atoms with E-state index >= 15 is 0 Å². The topological polar surface area (TPSA) is 44.4 Å². The summed E-state index contributed by atoms with van der Waals surface area (Å²) < 4.78 is 0. The number of carbonyl (C=O) groups is 1. The summed E-state index contributed by atoms with van der Waals surface area (Å²) in [6.45, 7) is 11.7. The third kappa shape index (κ3) is 9.56. The molecule has 6 heteroatoms. The van der Waals surface area contributed by atoms with Crippen molar-refractivity contribution in [1.29, 1.82) is 0 Å². The fraction of sp³-hybridized carbons (Fsp3) is 0.933. The first kappa shape index (κ1) is 23.2. The number of halogens is 2. The lowest BCUT2D eigenvalue weighted by atomic mass is 9.92. The van der Waals surface area contributed by atoms with Gasteiger partial charge in [0.25, 0.3) is 0 Å². The highest BCUT2D eigenvalue weighted by Gasteiger charge is 2.24. The number of unbranched alkanes of at least 4 members (excludes halogenated alkanes) is 1. The molecule has 0 spiro atoms. The molecule has 0 aliphatic carbocycles. The predicted molar refractivity (Wildman–Crippen MR) is 94.7 cm³/mol. The van der Waals surface area contributed by atoms with Gasteiger partial charge in [0.2, 0.25) is 5.91 Å². The van der Waals surface area contributed by atoms with Crippen LogP contribution in [0, 0.1) is 5.92 Å². The molecule has 1 aliphatic heterocycles. The van der Waals surface area contributed by atoms with Crippen LogP contribution in [0.3, 0.4) is 0 Å². The van der Waals surface area contributed by atoms with E-state index in [0.29, 0.717) is 6.04 Å². The Bertz CT molecular complexity index is 263. The van der Waals surface area contributed by atoms with Crippen molar-refractivity contribution in [2.75, 3.05) is 32.7 Å². The van der Waals surface area contributed by atoms with Crippen LogP contribution in [-0.4, -0.2) is 49.6 Å². The maximum Gasteiger partial charge on any atom is 0.223 e. The zero-order chi connectivity index (χ0) is 14.1. The van der Waals surface area contributed by atoms with Gasteiger partial charge in [-0.2, -0.15) is 0 Å². The largest absolute Gasteiger partial charge is 0.356 e. The van der Waals surface area contributed by atoms with Gasteiger partial charge >= 0.3 is 0 Å². The van der Waals surface area contributed by atoms with Crippen molar-refractivity contribution >= 4 is 30.7 Å². The molecular formula is C15H33Cl2N3O. The Morgan fingerprint density at radius 1 is 1.24 bits per heavy atom. The molecular weight excluding hydrogens is 309 g/mol. The van der Waals surface area contributed by atoms with E-state index in [-0.39, 0.29) is 36.6 Å². The molecule has 0 radical (unpaired) electrons. The fourth-order valence-electron chi connectivity index (χ4n) is 2.73. The lowest BCUT2D eigenvalue weighted by Gasteiger charge is -2.27. The van der Waals surface area contributed by atoms with Gasteiger partial charge in [-0.05, 0) is 58.8 Å². The van der Waals surface area contributed by atoms with E-state index in [9.17, 15) is 4.79 Å². The third-order valence-corrected chi connectivity index (χ3v) is 4.09. The van der Waals surface area contributed by atoms with Crippen LogP contribution >= 0.6 is 24.8 Å². The van der Waals surface area contributed by atoms with E-state index in [1.54, 1.807) is 0 Å². The van der Waals surface area contributed by atoms with Gasteiger partial charge in [0.1, 0.15) is 0 Å². The molecule has 0 aromatic rings. The molecule has 2 N–H and O–H groups in total. The minimum atomic E-state index is 0. The van der Waals surface area contributed by atoms with Gasteiger partial charge < -0.3 is 15.5 Å². The number of nitrogens with one attached hydrogen (secondary N) is 2. The van der Waals surface area contributed by atoms with Crippen LogP contribution in [0.1, 0.15) is 46.5 Å². The Balaban J connectivity index is 0. The highest BCUT2D eigenvalue weighted by atomic mass is 35.5. The highest BCUT2D eigenvalue weighted by molar-refractivity contribution is 5.85. The summed E-state index contributed by atoms with van der Waals surface area (Å²) in [4.78, 5) is 14.4. The first-order valence-electron chi connectivity index (χ1n) is 7.90. The molecule has 128 valence electrons. The number of rotatable bonds is 8. The van der Waals surface area contributed by atoms with Crippen molar-refractivity contribution in [2.24, 2.45) is 5.92 Å². The molecule has 21 heavy (non-hydrogen) atoms. The molecule has 1 aliphatic rings. The summed E-state index contributed by atoms with van der Waals surface area (Å²) in [6, 6.07) is 0.479. The minimum absolute atomic E-state index is 0. The quantitative estimate of drug-likeness (QED) is 0.666. The van der Waals surface area contributed by atoms with Crippen LogP contribution < -0.4 is 10.6 Å². The summed E-state index contributed by atoms with van der Waals surface area (Å²) in [5.41, 5.74) is 0. The van der Waals surface area contributed by atoms with Crippen molar-refractivity contribution < 1.29 is 4.79 Å². The maximum absolute atomic E-state index is 12.0. The minimum Gasteiger partial charge on any atom is -0.356 e. The van der Waals surface area contributed by atoms with Crippen molar-refractivity contribution in [3.05, 3.63) is 0 Å². The monoisotopic (exact) mass is 341 g/mol. The number of piperidine rings is 1. The smallest absolute Gasteiger partial charge is 0.223 e. The second-order valence-corrected chi connectivity index (χ2v) is 5.60. The molecule has 0 bridgehead atoms. The Labute approximate surface area is 142 Å². The molecule has 1 amide bonds. The first-order chi connectivity index (χ1) is 9.17. The molecule has 1 saturated heterocycles. The lowest BCUT2D eigenvalue weighted by molar-refractivity contribution is -0.126. The van der Waals surface area contributed by atoms with Gasteiger partial charge in [-0.15, -0.1) is 24.8 Å². The van der Waals surface area contributed by atoms with E-state index in [1.807, 2.05) is 0 Å². The van der Waals surface area contributed by atoms with E-state index < -0.39 is 0 Å². The predicted octanol–water partition coefficient (Wildman–Crippen LogP) is 2.46. The van der Waals surface area contributed by atoms with Crippen molar-refractivity contribution in [3.8, 4) is 0 Å². The molecule has 0 aromatic carbocycles. The average molecular weight is 342 g/mol. The van der Waals surface area contributed by atoms with Crippen LogP contribution in [0.25, 0.3) is 0 Å². The number of nitrogens with zero attached hydrogens (tertiary/aromatic N) is 1. The zero-order valence-corrected chi connectivity index (χ0v) is 15.3. The van der Waals surface area contributed by atoms with Gasteiger partial charge in [0.05, 0.1) is 0 Å². The average Bonchev–Trinajstić information content (AvgIpc) is 2.42. The summed E-state index contributed by atoms with van der Waals surface area (Å²) >= 11 is 0. The second-order valence-electron chi connectivity index (χ2n) is 5.60. The number of amides is 1. The summed E-state index contributed by atoms with van der Waals surface area (Å²) in [5, 5.41) is 6.48. The van der Waals surface area contributed by atoms with Gasteiger partial charge in [-0.1, -0.05) is 13.8 Å². The number of carbonyl (C=O) groups excluding carboxylic acids is 1. The molecule has 1 fully saturated rings. The van der Waals surface area contributed by atoms with Crippen molar-refractivity contribution in [1.82, 2.24) is 15.5 Å². The highest BCUT2D eigenvalue weighted by Crippen LogP contribution is 2.15. The molecule has 0 aromatic heterocycles. The van der Waals surface area contributed by atoms with Gasteiger partial charge in [0, 0.05) is 18.5 Å². The summed E-state index contributed by atoms with van der Waals surface area (Å²) in [6.07, 6.45) is 4.22. The van der Waals surface area contributed by atoms with Crippen LogP contribution in [0.4, 0.5) is 0 Å². The van der Waals surface area contributed by atoms with Gasteiger partial charge in [-0.3, -0.25) is 4.79 Å². The molecule has 2 atom stereocenters. The second kappa shape index (κ2) is 13.6. The van der Waals surface area contributed by atoms with Crippen LogP contribution in [0.15, 0.2) is 0 Å². The Morgan fingerprint density at radius 3 is 2.48 bits per heavy atom. The molecule has 4 nitrogen and oxygen atoms in total. The normalized spacial score (nSPS) is 21.3. The Hall–Kier alpha value is -0.0300. The lowest BCUT2D eigenvalue weighted by Crippen LogP contribution is -2.42. The van der Waals surface area contributed by atoms with Gasteiger partial charge in [-0.25, -0.2) is 0 Å². The molecule has 0 unspecified atom stereocenters. The van der Waals surface area contributed by atoms with Crippen molar-refractivity contribution in [3.63, 3.8) is 0 Å². The summed E-state index contributed by atoms with van der Waals surface area (Å²) in [7, 11) is 0. The molecule has 0 saturated carbocycles. The van der Waals surface area contributed by atoms with Crippen LogP contribution in [0.5, 0.6) is 0 Å². The SMILES string of the molecule is CCN(CC)CCCCNC(=O)[C@H]1CCN[C@@H](C)C1.Cl.Cl. The van der Waals surface area contributed by atoms with Gasteiger partial charge in [0.15, 0.2) is 0 Å². The van der Waals surface area contributed by atoms with E-state index in [1.165, 1.54) is 6.42 Å². The Kier molecular flexibility index (Phi) is 15.1. The van der Waals surface area contributed by atoms with Crippen LogP contribution in [-0.2, 0) is 4.79 Å². The Morgan fingerprint density at radius 2 is 1.90 bits per heavy atom. The van der Waals surface area contributed by atoms with E-state index in [0.717, 1.165) is 52.0 Å². The van der Waals surface area contributed by atoms with Crippen molar-refractivity contribution in [2.45, 2.75) is 52.5 Å².